The molecule has 2 rings (SSSR count). The predicted molar refractivity (Wildman–Crippen MR) is 67.0 cm³/mol. The molecule has 1 fully saturated rings. The van der Waals surface area contributed by atoms with E-state index in [1.807, 2.05) is 24.3 Å². The largest absolute Gasteiger partial charge is 0.494 e. The lowest BCUT2D eigenvalue weighted by Crippen LogP contribution is -2.48. The molecule has 82 valence electrons. The van der Waals surface area contributed by atoms with E-state index in [-0.39, 0.29) is 12.5 Å². The fourth-order valence-electron chi connectivity index (χ4n) is 1.82. The van der Waals surface area contributed by atoms with Crippen molar-refractivity contribution in [3.8, 4) is 0 Å². The lowest BCUT2D eigenvalue weighted by Gasteiger charge is -2.33. The topological polar surface area (TPSA) is 18.5 Å². The lowest BCUT2D eigenvalue weighted by molar-refractivity contribution is 0.0342. The van der Waals surface area contributed by atoms with Gasteiger partial charge in [-0.05, 0) is 5.46 Å². The minimum absolute atomic E-state index is 0.105. The molecule has 1 heterocycles. The third-order valence-electron chi connectivity index (χ3n) is 2.78. The average molecular weight is 214 g/mol. The van der Waals surface area contributed by atoms with Crippen LogP contribution in [0.4, 0.5) is 0 Å². The first-order valence-electron chi connectivity index (χ1n) is 5.63. The van der Waals surface area contributed by atoms with Crippen molar-refractivity contribution in [2.45, 2.75) is 20.2 Å². The molecule has 0 aliphatic carbocycles. The van der Waals surface area contributed by atoms with E-state index in [1.54, 1.807) is 0 Å². The monoisotopic (exact) mass is 214 g/mol. The van der Waals surface area contributed by atoms with Crippen LogP contribution in [0.2, 0.25) is 0 Å². The van der Waals surface area contributed by atoms with Gasteiger partial charge >= 0.3 is 7.12 Å². The Bertz CT molecular complexity index is 356. The molecule has 0 bridgehead atoms. The van der Waals surface area contributed by atoms with E-state index in [0.29, 0.717) is 6.32 Å². The second kappa shape index (κ2) is 4.64. The summed E-state index contributed by atoms with van der Waals surface area (Å²) < 4.78 is 11.5. The molecule has 0 amide bonds. The summed E-state index contributed by atoms with van der Waals surface area (Å²) in [5.41, 5.74) is 2.25. The number of hydrogen-bond donors (Lipinski definition) is 0. The molecule has 16 heavy (non-hydrogen) atoms. The van der Waals surface area contributed by atoms with Gasteiger partial charge in [-0.25, -0.2) is 0 Å². The van der Waals surface area contributed by atoms with Gasteiger partial charge in [0.1, 0.15) is 0 Å². The van der Waals surface area contributed by atoms with Gasteiger partial charge in [-0.3, -0.25) is 0 Å². The van der Waals surface area contributed by atoms with Gasteiger partial charge in [0.25, 0.3) is 0 Å². The van der Waals surface area contributed by atoms with E-state index in [0.717, 1.165) is 24.2 Å². The summed E-state index contributed by atoms with van der Waals surface area (Å²) in [5, 5.41) is 0. The lowest BCUT2D eigenvalue weighted by atomic mass is 9.71. The van der Waals surface area contributed by atoms with Gasteiger partial charge in [0.2, 0.25) is 0 Å². The average Bonchev–Trinajstić information content (AvgIpc) is 2.29. The fourth-order valence-corrected chi connectivity index (χ4v) is 1.82. The normalized spacial score (nSPS) is 19.8. The maximum absolute atomic E-state index is 5.74. The quantitative estimate of drug-likeness (QED) is 0.686. The first-order chi connectivity index (χ1) is 7.62. The van der Waals surface area contributed by atoms with Gasteiger partial charge in [0.05, 0.1) is 7.85 Å². The van der Waals surface area contributed by atoms with Crippen LogP contribution in [0.5, 0.6) is 0 Å². The highest BCUT2D eigenvalue weighted by Gasteiger charge is 2.34. The highest BCUT2D eigenvalue weighted by atomic mass is 16.6. The molecule has 0 unspecified atom stereocenters. The van der Waals surface area contributed by atoms with Crippen LogP contribution in [0, 0.1) is 5.41 Å². The summed E-state index contributed by atoms with van der Waals surface area (Å²) in [6.45, 7) is 5.71. The molecule has 0 saturated carbocycles. The van der Waals surface area contributed by atoms with Crippen molar-refractivity contribution in [3.05, 3.63) is 29.8 Å². The van der Waals surface area contributed by atoms with E-state index in [9.17, 15) is 0 Å². The van der Waals surface area contributed by atoms with Gasteiger partial charge in [-0.15, -0.1) is 0 Å². The Kier molecular flexibility index (Phi) is 3.41. The number of hydrogen-bond acceptors (Lipinski definition) is 2. The summed E-state index contributed by atoms with van der Waals surface area (Å²) in [6, 6.07) is 8.01. The minimum Gasteiger partial charge on any atom is -0.407 e. The molecule has 0 atom stereocenters. The summed E-state index contributed by atoms with van der Waals surface area (Å²) in [4.78, 5) is 0. The zero-order valence-electron chi connectivity index (χ0n) is 9.90. The van der Waals surface area contributed by atoms with Gasteiger partial charge in [-0.1, -0.05) is 50.0 Å². The Morgan fingerprint density at radius 1 is 1.25 bits per heavy atom. The van der Waals surface area contributed by atoms with Crippen LogP contribution in [0.25, 0.3) is 0 Å². The van der Waals surface area contributed by atoms with Gasteiger partial charge < -0.3 is 9.31 Å². The maximum atomic E-state index is 5.74. The van der Waals surface area contributed by atoms with Crippen molar-refractivity contribution in [1.82, 2.24) is 0 Å². The molecule has 1 aromatic rings. The highest BCUT2D eigenvalue weighted by Crippen LogP contribution is 2.21. The van der Waals surface area contributed by atoms with Crippen LogP contribution < -0.4 is 5.46 Å². The standard InChI is InChI=1S/C12H16B2O2/c1-12(2)8-15-14(16-9-12)11-6-4-3-5-10(11)7-13/h3-6H,7-9H2,1-2H3. The van der Waals surface area contributed by atoms with E-state index in [1.165, 1.54) is 0 Å². The zero-order valence-corrected chi connectivity index (χ0v) is 9.90. The van der Waals surface area contributed by atoms with Gasteiger partial charge in [0.15, 0.2) is 0 Å². The van der Waals surface area contributed by atoms with E-state index in [4.69, 9.17) is 17.2 Å². The third kappa shape index (κ3) is 2.50. The van der Waals surface area contributed by atoms with Crippen molar-refractivity contribution >= 4 is 20.4 Å². The highest BCUT2D eigenvalue weighted by molar-refractivity contribution is 6.62. The summed E-state index contributed by atoms with van der Waals surface area (Å²) in [5.74, 6) is 0. The first-order valence-corrected chi connectivity index (χ1v) is 5.63. The fraction of sp³-hybridized carbons (Fsp3) is 0.500. The van der Waals surface area contributed by atoms with E-state index < -0.39 is 0 Å². The molecular formula is C12H16B2O2. The van der Waals surface area contributed by atoms with Crippen molar-refractivity contribution in [3.63, 3.8) is 0 Å². The minimum atomic E-state index is -0.257. The van der Waals surface area contributed by atoms with Gasteiger partial charge in [-0.2, -0.15) is 0 Å². The Balaban J connectivity index is 2.14. The van der Waals surface area contributed by atoms with Crippen LogP contribution in [0.3, 0.4) is 0 Å². The summed E-state index contributed by atoms with van der Waals surface area (Å²) in [6.07, 6.45) is 0.517. The molecule has 1 aliphatic rings. The molecule has 0 spiro atoms. The van der Waals surface area contributed by atoms with Crippen molar-refractivity contribution in [1.29, 1.82) is 0 Å². The first kappa shape index (κ1) is 11.7. The Labute approximate surface area is 98.9 Å². The molecular weight excluding hydrogens is 198 g/mol. The zero-order chi connectivity index (χ0) is 11.6. The second-order valence-electron chi connectivity index (χ2n) is 5.02. The van der Waals surface area contributed by atoms with E-state index in [2.05, 4.69) is 13.8 Å². The predicted octanol–water partition coefficient (Wildman–Crippen LogP) is 1.12. The van der Waals surface area contributed by atoms with Crippen molar-refractivity contribution in [2.24, 2.45) is 5.41 Å². The Hall–Kier alpha value is -0.730. The smallest absolute Gasteiger partial charge is 0.407 e. The number of rotatable bonds is 2. The van der Waals surface area contributed by atoms with Crippen LogP contribution in [-0.2, 0) is 15.6 Å². The van der Waals surface area contributed by atoms with Crippen LogP contribution >= 0.6 is 0 Å². The molecule has 2 radical (unpaired) electrons. The van der Waals surface area contributed by atoms with Crippen molar-refractivity contribution < 1.29 is 9.31 Å². The van der Waals surface area contributed by atoms with Crippen LogP contribution in [0.1, 0.15) is 19.4 Å². The molecule has 1 aromatic carbocycles. The summed E-state index contributed by atoms with van der Waals surface area (Å²) in [7, 11) is 5.44. The van der Waals surface area contributed by atoms with E-state index >= 15 is 0 Å². The second-order valence-corrected chi connectivity index (χ2v) is 5.02. The molecule has 0 aromatic heterocycles. The third-order valence-corrected chi connectivity index (χ3v) is 2.78. The van der Waals surface area contributed by atoms with Crippen LogP contribution in [-0.4, -0.2) is 28.2 Å². The summed E-state index contributed by atoms with van der Waals surface area (Å²) >= 11 is 0. The van der Waals surface area contributed by atoms with Gasteiger partial charge in [0, 0.05) is 18.6 Å². The molecule has 1 aliphatic heterocycles. The number of benzene rings is 1. The SMILES string of the molecule is [B]Cc1ccccc1B1OCC(C)(C)CO1. The Morgan fingerprint density at radius 2 is 1.88 bits per heavy atom. The molecule has 4 heteroatoms. The van der Waals surface area contributed by atoms with Crippen molar-refractivity contribution in [2.75, 3.05) is 13.2 Å². The molecule has 0 N–H and O–H groups in total. The Morgan fingerprint density at radius 3 is 2.50 bits per heavy atom. The molecule has 2 nitrogen and oxygen atoms in total. The molecule has 1 saturated heterocycles. The van der Waals surface area contributed by atoms with Crippen LogP contribution in [0.15, 0.2) is 24.3 Å². The maximum Gasteiger partial charge on any atom is 0.494 e.